The lowest BCUT2D eigenvalue weighted by Crippen LogP contribution is -2.42. The van der Waals surface area contributed by atoms with Crippen molar-refractivity contribution in [3.05, 3.63) is 35.9 Å². The molecule has 1 aliphatic carbocycles. The molecule has 2 N–H and O–H groups in total. The van der Waals surface area contributed by atoms with Gasteiger partial charge in [0.25, 0.3) is 0 Å². The molecule has 1 fully saturated rings. The second-order valence-corrected chi connectivity index (χ2v) is 8.21. The third kappa shape index (κ3) is 6.13. The number of rotatable bonds is 8. The smallest absolute Gasteiger partial charge is 0.213 e. The summed E-state index contributed by atoms with van der Waals surface area (Å²) in [5, 5.41) is 3.12. The van der Waals surface area contributed by atoms with Crippen molar-refractivity contribution in [2.24, 2.45) is 10.9 Å². The van der Waals surface area contributed by atoms with Gasteiger partial charge in [-0.15, -0.1) is 0 Å². The molecule has 2 rings (SSSR count). The lowest BCUT2D eigenvalue weighted by Gasteiger charge is -2.25. The van der Waals surface area contributed by atoms with Crippen LogP contribution in [0.1, 0.15) is 24.8 Å². The third-order valence-electron chi connectivity index (χ3n) is 4.31. The maximum atomic E-state index is 12.0. The maximum absolute atomic E-state index is 12.0. The van der Waals surface area contributed by atoms with E-state index in [-0.39, 0.29) is 5.75 Å². The zero-order valence-corrected chi connectivity index (χ0v) is 15.3. The minimum Gasteiger partial charge on any atom is -0.355 e. The standard InChI is InChI=1S/C17H28N4O2S/c1-18-17(21(2)14-16-7-4-3-5-8-16)19-11-12-24(22,23)20-13-15-9-6-10-15/h3-5,7-8,15,20H,6,9-14H2,1-2H3,(H,18,19). The van der Waals surface area contributed by atoms with Crippen molar-refractivity contribution >= 4 is 16.0 Å². The third-order valence-corrected chi connectivity index (χ3v) is 5.65. The van der Waals surface area contributed by atoms with Gasteiger partial charge in [0.2, 0.25) is 10.0 Å². The summed E-state index contributed by atoms with van der Waals surface area (Å²) in [7, 11) is 0.410. The van der Waals surface area contributed by atoms with Gasteiger partial charge in [0.15, 0.2) is 5.96 Å². The number of hydrogen-bond donors (Lipinski definition) is 2. The highest BCUT2D eigenvalue weighted by Crippen LogP contribution is 2.25. The molecule has 7 heteroatoms. The van der Waals surface area contributed by atoms with Crippen LogP contribution < -0.4 is 10.0 Å². The van der Waals surface area contributed by atoms with Gasteiger partial charge in [-0.2, -0.15) is 0 Å². The predicted molar refractivity (Wildman–Crippen MR) is 98.4 cm³/mol. The molecule has 0 aromatic heterocycles. The zero-order chi connectivity index (χ0) is 17.4. The van der Waals surface area contributed by atoms with Crippen LogP contribution in [0.4, 0.5) is 0 Å². The van der Waals surface area contributed by atoms with Gasteiger partial charge in [-0.25, -0.2) is 13.1 Å². The molecule has 0 spiro atoms. The Morgan fingerprint density at radius 2 is 2.00 bits per heavy atom. The fourth-order valence-electron chi connectivity index (χ4n) is 2.63. The quantitative estimate of drug-likeness (QED) is 0.548. The Hall–Kier alpha value is -1.60. The Kier molecular flexibility index (Phi) is 7.05. The monoisotopic (exact) mass is 352 g/mol. The number of sulfonamides is 1. The van der Waals surface area contributed by atoms with Crippen LogP contribution in [-0.4, -0.2) is 52.2 Å². The van der Waals surface area contributed by atoms with E-state index in [1.165, 1.54) is 12.0 Å². The van der Waals surface area contributed by atoms with E-state index in [4.69, 9.17) is 0 Å². The van der Waals surface area contributed by atoms with Gasteiger partial charge in [-0.1, -0.05) is 36.8 Å². The van der Waals surface area contributed by atoms with E-state index in [2.05, 4.69) is 27.2 Å². The van der Waals surface area contributed by atoms with Crippen molar-refractivity contribution in [3.63, 3.8) is 0 Å². The summed E-state index contributed by atoms with van der Waals surface area (Å²) in [6.07, 6.45) is 3.49. The topological polar surface area (TPSA) is 73.8 Å². The van der Waals surface area contributed by atoms with Crippen molar-refractivity contribution in [3.8, 4) is 0 Å². The van der Waals surface area contributed by atoms with Crippen LogP contribution in [-0.2, 0) is 16.6 Å². The molecule has 0 bridgehead atoms. The Labute approximate surface area is 145 Å². The van der Waals surface area contributed by atoms with Crippen LogP contribution in [0.2, 0.25) is 0 Å². The van der Waals surface area contributed by atoms with Crippen molar-refractivity contribution < 1.29 is 8.42 Å². The van der Waals surface area contributed by atoms with Gasteiger partial charge >= 0.3 is 0 Å². The Morgan fingerprint density at radius 3 is 2.58 bits per heavy atom. The number of nitrogens with zero attached hydrogens (tertiary/aromatic N) is 2. The van der Waals surface area contributed by atoms with E-state index in [0.717, 1.165) is 12.8 Å². The van der Waals surface area contributed by atoms with Gasteiger partial charge < -0.3 is 10.2 Å². The van der Waals surface area contributed by atoms with Crippen molar-refractivity contribution in [2.45, 2.75) is 25.8 Å². The van der Waals surface area contributed by atoms with Gasteiger partial charge in [-0.05, 0) is 24.3 Å². The minimum atomic E-state index is -3.23. The van der Waals surface area contributed by atoms with E-state index < -0.39 is 10.0 Å². The maximum Gasteiger partial charge on any atom is 0.213 e. The fourth-order valence-corrected chi connectivity index (χ4v) is 3.63. The number of hydrogen-bond acceptors (Lipinski definition) is 3. The summed E-state index contributed by atoms with van der Waals surface area (Å²) in [6, 6.07) is 10.1. The Morgan fingerprint density at radius 1 is 1.29 bits per heavy atom. The average Bonchev–Trinajstić information content (AvgIpc) is 2.50. The summed E-state index contributed by atoms with van der Waals surface area (Å²) in [5.74, 6) is 1.27. The summed E-state index contributed by atoms with van der Waals surface area (Å²) < 4.78 is 26.7. The van der Waals surface area contributed by atoms with Crippen LogP contribution in [0.3, 0.4) is 0 Å². The van der Waals surface area contributed by atoms with E-state index in [0.29, 0.717) is 31.5 Å². The Bertz CT molecular complexity index is 627. The van der Waals surface area contributed by atoms with Gasteiger partial charge in [0.1, 0.15) is 0 Å². The molecular formula is C17H28N4O2S. The molecule has 6 nitrogen and oxygen atoms in total. The molecule has 1 saturated carbocycles. The summed E-state index contributed by atoms with van der Waals surface area (Å²) in [5.41, 5.74) is 1.18. The Balaban J connectivity index is 1.74. The van der Waals surface area contributed by atoms with Crippen LogP contribution in [0, 0.1) is 5.92 Å². The van der Waals surface area contributed by atoms with Crippen molar-refractivity contribution in [1.29, 1.82) is 0 Å². The fraction of sp³-hybridized carbons (Fsp3) is 0.588. The van der Waals surface area contributed by atoms with Crippen LogP contribution in [0.5, 0.6) is 0 Å². The van der Waals surface area contributed by atoms with Crippen molar-refractivity contribution in [1.82, 2.24) is 14.9 Å². The van der Waals surface area contributed by atoms with Gasteiger partial charge in [-0.3, -0.25) is 4.99 Å². The minimum absolute atomic E-state index is 0.0535. The highest BCUT2D eigenvalue weighted by atomic mass is 32.2. The largest absolute Gasteiger partial charge is 0.355 e. The number of nitrogens with one attached hydrogen (secondary N) is 2. The van der Waals surface area contributed by atoms with E-state index in [1.807, 2.05) is 30.1 Å². The predicted octanol–water partition coefficient (Wildman–Crippen LogP) is 1.41. The van der Waals surface area contributed by atoms with Crippen LogP contribution in [0.25, 0.3) is 0 Å². The molecule has 1 aromatic carbocycles. The summed E-state index contributed by atoms with van der Waals surface area (Å²) >= 11 is 0. The number of benzene rings is 1. The average molecular weight is 353 g/mol. The van der Waals surface area contributed by atoms with Crippen LogP contribution in [0.15, 0.2) is 35.3 Å². The van der Waals surface area contributed by atoms with E-state index in [1.54, 1.807) is 7.05 Å². The normalized spacial score (nSPS) is 15.8. The zero-order valence-electron chi connectivity index (χ0n) is 14.5. The van der Waals surface area contributed by atoms with Gasteiger partial charge in [0, 0.05) is 33.7 Å². The molecule has 0 saturated heterocycles. The first-order chi connectivity index (χ1) is 11.5. The second kappa shape index (κ2) is 9.03. The lowest BCUT2D eigenvalue weighted by atomic mass is 9.86. The molecule has 0 amide bonds. The van der Waals surface area contributed by atoms with Crippen LogP contribution >= 0.6 is 0 Å². The molecule has 0 unspecified atom stereocenters. The lowest BCUT2D eigenvalue weighted by molar-refractivity contribution is 0.316. The molecule has 24 heavy (non-hydrogen) atoms. The van der Waals surface area contributed by atoms with Gasteiger partial charge in [0.05, 0.1) is 5.75 Å². The highest BCUT2D eigenvalue weighted by Gasteiger charge is 2.20. The molecule has 1 aliphatic rings. The number of guanidine groups is 1. The summed E-state index contributed by atoms with van der Waals surface area (Å²) in [6.45, 7) is 1.63. The first kappa shape index (κ1) is 18.7. The van der Waals surface area contributed by atoms with E-state index in [9.17, 15) is 8.42 Å². The molecular weight excluding hydrogens is 324 g/mol. The second-order valence-electron chi connectivity index (χ2n) is 6.28. The molecule has 0 heterocycles. The molecule has 1 aromatic rings. The molecule has 0 atom stereocenters. The first-order valence-corrected chi connectivity index (χ1v) is 10.1. The molecule has 0 radical (unpaired) electrons. The molecule has 134 valence electrons. The first-order valence-electron chi connectivity index (χ1n) is 8.43. The SMILES string of the molecule is CN=C(NCCS(=O)(=O)NCC1CCC1)N(C)Cc1ccccc1. The number of aliphatic imine (C=N–C) groups is 1. The summed E-state index contributed by atoms with van der Waals surface area (Å²) in [4.78, 5) is 6.19. The molecule has 0 aliphatic heterocycles. The van der Waals surface area contributed by atoms with Crippen molar-refractivity contribution in [2.75, 3.05) is 32.9 Å². The van der Waals surface area contributed by atoms with E-state index >= 15 is 0 Å². The highest BCUT2D eigenvalue weighted by molar-refractivity contribution is 7.89.